The number of nitrogens with zero attached hydrogens (tertiary/aromatic N) is 1. The molecule has 0 bridgehead atoms. The van der Waals surface area contributed by atoms with E-state index in [9.17, 15) is 8.42 Å². The quantitative estimate of drug-likeness (QED) is 0.640. The summed E-state index contributed by atoms with van der Waals surface area (Å²) in [7, 11) is -3.31. The van der Waals surface area contributed by atoms with Crippen molar-refractivity contribution >= 4 is 21.4 Å². The molecule has 0 radical (unpaired) electrons. The van der Waals surface area contributed by atoms with Crippen LogP contribution < -0.4 is 10.0 Å². The van der Waals surface area contributed by atoms with Crippen LogP contribution in [0.5, 0.6) is 0 Å². The average molecular weight is 270 g/mol. The Hall–Kier alpha value is -1.27. The smallest absolute Gasteiger partial charge is 0.237 e. The van der Waals surface area contributed by atoms with Gasteiger partial charge in [-0.15, -0.1) is 0 Å². The minimum absolute atomic E-state index is 0.00901. The van der Waals surface area contributed by atoms with Crippen LogP contribution in [0.1, 0.15) is 12.5 Å². The molecule has 1 heterocycles. The summed E-state index contributed by atoms with van der Waals surface area (Å²) in [4.78, 5) is 0. The summed E-state index contributed by atoms with van der Waals surface area (Å²) in [6, 6.07) is 5.42. The topological polar surface area (TPSA) is 72.6 Å². The van der Waals surface area contributed by atoms with Crippen LogP contribution in [0.2, 0.25) is 0 Å². The van der Waals surface area contributed by atoms with Crippen LogP contribution in [-0.2, 0) is 21.2 Å². The van der Waals surface area contributed by atoms with E-state index in [4.69, 9.17) is 10.5 Å². The minimum Gasteiger partial charge on any atom is -0.399 e. The third kappa shape index (κ3) is 2.59. The van der Waals surface area contributed by atoms with Gasteiger partial charge in [-0.2, -0.15) is 0 Å². The highest BCUT2D eigenvalue weighted by molar-refractivity contribution is 7.92. The SMILES string of the molecule is CCOCCS(=O)(=O)N1CCc2ccc(N)cc21. The molecule has 1 aromatic carbocycles. The number of anilines is 2. The molecule has 0 fully saturated rings. The third-order valence-electron chi connectivity index (χ3n) is 2.99. The van der Waals surface area contributed by atoms with Crippen molar-refractivity contribution in [1.82, 2.24) is 0 Å². The number of benzene rings is 1. The molecule has 1 aromatic rings. The molecule has 18 heavy (non-hydrogen) atoms. The predicted octanol–water partition coefficient (Wildman–Crippen LogP) is 0.998. The normalized spacial score (nSPS) is 14.8. The molecule has 0 aromatic heterocycles. The minimum atomic E-state index is -3.31. The summed E-state index contributed by atoms with van der Waals surface area (Å²) in [6.45, 7) is 3.09. The first-order valence-corrected chi connectivity index (χ1v) is 7.62. The second-order valence-corrected chi connectivity index (χ2v) is 6.24. The summed E-state index contributed by atoms with van der Waals surface area (Å²) in [5.74, 6) is 0.00901. The van der Waals surface area contributed by atoms with E-state index >= 15 is 0 Å². The number of nitrogens with two attached hydrogens (primary N) is 1. The first-order chi connectivity index (χ1) is 8.54. The van der Waals surface area contributed by atoms with Gasteiger partial charge in [0.1, 0.15) is 0 Å². The molecule has 0 atom stereocenters. The first-order valence-electron chi connectivity index (χ1n) is 6.01. The van der Waals surface area contributed by atoms with Crippen molar-refractivity contribution in [3.05, 3.63) is 23.8 Å². The second-order valence-electron chi connectivity index (χ2n) is 4.22. The maximum absolute atomic E-state index is 12.2. The largest absolute Gasteiger partial charge is 0.399 e. The lowest BCUT2D eigenvalue weighted by atomic mass is 10.1. The fourth-order valence-electron chi connectivity index (χ4n) is 2.07. The molecular weight excluding hydrogens is 252 g/mol. The van der Waals surface area contributed by atoms with Gasteiger partial charge in [0.25, 0.3) is 0 Å². The molecule has 5 nitrogen and oxygen atoms in total. The van der Waals surface area contributed by atoms with E-state index in [-0.39, 0.29) is 12.4 Å². The van der Waals surface area contributed by atoms with Gasteiger partial charge in [0.2, 0.25) is 10.0 Å². The molecular formula is C12H18N2O3S. The highest BCUT2D eigenvalue weighted by Crippen LogP contribution is 2.32. The van der Waals surface area contributed by atoms with Crippen molar-refractivity contribution < 1.29 is 13.2 Å². The molecule has 1 aliphatic heterocycles. The summed E-state index contributed by atoms with van der Waals surface area (Å²) in [5.41, 5.74) is 8.04. The Morgan fingerprint density at radius 2 is 2.22 bits per heavy atom. The van der Waals surface area contributed by atoms with Crippen LogP contribution in [0.3, 0.4) is 0 Å². The van der Waals surface area contributed by atoms with Gasteiger partial charge in [-0.1, -0.05) is 6.07 Å². The van der Waals surface area contributed by atoms with Gasteiger partial charge in [-0.05, 0) is 31.0 Å². The summed E-state index contributed by atoms with van der Waals surface area (Å²) >= 11 is 0. The van der Waals surface area contributed by atoms with E-state index in [1.54, 1.807) is 12.1 Å². The first kappa shape index (κ1) is 13.2. The summed E-state index contributed by atoms with van der Waals surface area (Å²) in [6.07, 6.45) is 0.740. The van der Waals surface area contributed by atoms with Gasteiger partial charge >= 0.3 is 0 Å². The molecule has 2 N–H and O–H groups in total. The van der Waals surface area contributed by atoms with Crippen molar-refractivity contribution in [1.29, 1.82) is 0 Å². The summed E-state index contributed by atoms with van der Waals surface area (Å²) < 4.78 is 30.9. The average Bonchev–Trinajstić information content (AvgIpc) is 2.72. The van der Waals surface area contributed by atoms with Crippen LogP contribution in [0.4, 0.5) is 11.4 Å². The van der Waals surface area contributed by atoms with Crippen LogP contribution in [0.25, 0.3) is 0 Å². The maximum Gasteiger partial charge on any atom is 0.237 e. The van der Waals surface area contributed by atoms with E-state index in [0.29, 0.717) is 24.5 Å². The molecule has 0 amide bonds. The van der Waals surface area contributed by atoms with Gasteiger partial charge in [-0.25, -0.2) is 8.42 Å². The number of fused-ring (bicyclic) bond motifs is 1. The lowest BCUT2D eigenvalue weighted by Gasteiger charge is -2.19. The molecule has 0 saturated heterocycles. The highest BCUT2D eigenvalue weighted by Gasteiger charge is 2.29. The Morgan fingerprint density at radius 1 is 1.44 bits per heavy atom. The molecule has 6 heteroatoms. The molecule has 1 aliphatic rings. The molecule has 100 valence electrons. The van der Waals surface area contributed by atoms with Crippen molar-refractivity contribution in [2.45, 2.75) is 13.3 Å². The molecule has 2 rings (SSSR count). The monoisotopic (exact) mass is 270 g/mol. The number of hydrogen-bond donors (Lipinski definition) is 1. The van der Waals surface area contributed by atoms with E-state index in [1.165, 1.54) is 4.31 Å². The zero-order valence-corrected chi connectivity index (χ0v) is 11.2. The fraction of sp³-hybridized carbons (Fsp3) is 0.500. The molecule has 0 saturated carbocycles. The number of hydrogen-bond acceptors (Lipinski definition) is 4. The standard InChI is InChI=1S/C12H18N2O3S/c1-2-17-7-8-18(15,16)14-6-5-10-3-4-11(13)9-12(10)14/h3-4,9H,2,5-8,13H2,1H3. The number of rotatable bonds is 5. The van der Waals surface area contributed by atoms with Gasteiger partial charge in [0.15, 0.2) is 0 Å². The van der Waals surface area contributed by atoms with Crippen LogP contribution >= 0.6 is 0 Å². The van der Waals surface area contributed by atoms with Crippen LogP contribution in [0.15, 0.2) is 18.2 Å². The van der Waals surface area contributed by atoms with E-state index in [2.05, 4.69) is 0 Å². The lowest BCUT2D eigenvalue weighted by Crippen LogP contribution is -2.32. The lowest BCUT2D eigenvalue weighted by molar-refractivity contribution is 0.163. The summed E-state index contributed by atoms with van der Waals surface area (Å²) in [5, 5.41) is 0. The number of nitrogen functional groups attached to an aromatic ring is 1. The highest BCUT2D eigenvalue weighted by atomic mass is 32.2. The Kier molecular flexibility index (Phi) is 3.77. The maximum atomic E-state index is 12.2. The zero-order chi connectivity index (χ0) is 13.2. The Bertz CT molecular complexity index is 528. The zero-order valence-electron chi connectivity index (χ0n) is 10.4. The van der Waals surface area contributed by atoms with Gasteiger partial charge in [-0.3, -0.25) is 4.31 Å². The van der Waals surface area contributed by atoms with Crippen molar-refractivity contribution in [3.63, 3.8) is 0 Å². The van der Waals surface area contributed by atoms with E-state index in [1.807, 2.05) is 13.0 Å². The fourth-order valence-corrected chi connectivity index (χ4v) is 3.46. The van der Waals surface area contributed by atoms with Gasteiger partial charge < -0.3 is 10.5 Å². The van der Waals surface area contributed by atoms with Crippen LogP contribution in [-0.4, -0.2) is 33.9 Å². The Balaban J connectivity index is 2.19. The molecule has 0 spiro atoms. The molecule has 0 unspecified atom stereocenters. The number of ether oxygens (including phenoxy) is 1. The van der Waals surface area contributed by atoms with Crippen LogP contribution in [0, 0.1) is 0 Å². The van der Waals surface area contributed by atoms with Gasteiger partial charge in [0.05, 0.1) is 18.0 Å². The second kappa shape index (κ2) is 5.16. The van der Waals surface area contributed by atoms with E-state index < -0.39 is 10.0 Å². The van der Waals surface area contributed by atoms with Crippen molar-refractivity contribution in [3.8, 4) is 0 Å². The number of sulfonamides is 1. The van der Waals surface area contributed by atoms with E-state index in [0.717, 1.165) is 12.0 Å². The Morgan fingerprint density at radius 3 is 2.94 bits per heavy atom. The predicted molar refractivity (Wildman–Crippen MR) is 72.2 cm³/mol. The molecule has 0 aliphatic carbocycles. The third-order valence-corrected chi connectivity index (χ3v) is 4.72. The van der Waals surface area contributed by atoms with Crippen molar-refractivity contribution in [2.75, 3.05) is 35.6 Å². The Labute approximate surface area is 108 Å². The van der Waals surface area contributed by atoms with Gasteiger partial charge in [0, 0.05) is 18.8 Å². The van der Waals surface area contributed by atoms with Crippen molar-refractivity contribution in [2.24, 2.45) is 0 Å².